The van der Waals surface area contributed by atoms with Crippen molar-refractivity contribution < 1.29 is 9.32 Å². The van der Waals surface area contributed by atoms with E-state index in [1.165, 1.54) is 12.5 Å². The average molecular weight is 395 g/mol. The lowest BCUT2D eigenvalue weighted by molar-refractivity contribution is 0.102. The number of hydrogen-bond donors (Lipinski definition) is 3. The highest BCUT2D eigenvalue weighted by Gasteiger charge is 2.19. The van der Waals surface area contributed by atoms with Gasteiger partial charge in [0.05, 0.1) is 23.0 Å². The molecule has 0 aliphatic carbocycles. The highest BCUT2D eigenvalue weighted by atomic mass is 35.5. The van der Waals surface area contributed by atoms with Crippen LogP contribution in [0.15, 0.2) is 35.2 Å². The molecule has 1 aromatic carbocycles. The summed E-state index contributed by atoms with van der Waals surface area (Å²) in [6.07, 6.45) is 2.74. The van der Waals surface area contributed by atoms with Crippen LogP contribution in [0, 0.1) is 30.6 Å². The van der Waals surface area contributed by atoms with Crippen molar-refractivity contribution in [2.24, 2.45) is 0 Å². The lowest BCUT2D eigenvalue weighted by atomic mass is 10.0. The molecule has 0 bridgehead atoms. The van der Waals surface area contributed by atoms with Gasteiger partial charge in [0, 0.05) is 16.9 Å². The van der Waals surface area contributed by atoms with Gasteiger partial charge in [0.1, 0.15) is 23.2 Å². The number of aromatic nitrogens is 2. The minimum absolute atomic E-state index is 0.0250. The maximum Gasteiger partial charge on any atom is 0.274 e. The topological polar surface area (TPSA) is 142 Å². The van der Waals surface area contributed by atoms with Gasteiger partial charge in [-0.15, -0.1) is 0 Å². The van der Waals surface area contributed by atoms with Crippen LogP contribution in [-0.2, 0) is 0 Å². The standard InChI is InChI=1S/C19H15ClN6O2/c1-9-10(2)17(26-18(20)14(9)6-21)19(27)25-12-3-4-15(22)13(5-12)16(23)11-7-24-28-8-11/h3-5,7-8,23H,22H2,1-2H3,(H,25,27). The second-order valence-corrected chi connectivity index (χ2v) is 6.39. The molecular weight excluding hydrogens is 380 g/mol. The molecular formula is C19H15ClN6O2. The number of anilines is 2. The van der Waals surface area contributed by atoms with E-state index in [0.29, 0.717) is 33.6 Å². The Labute approximate surface area is 165 Å². The summed E-state index contributed by atoms with van der Waals surface area (Å²) in [4.78, 5) is 16.8. The quantitative estimate of drug-likeness (QED) is 0.351. The summed E-state index contributed by atoms with van der Waals surface area (Å²) in [6, 6.07) is 6.77. The van der Waals surface area contributed by atoms with Crippen molar-refractivity contribution in [2.45, 2.75) is 13.8 Å². The summed E-state index contributed by atoms with van der Waals surface area (Å²) >= 11 is 6.03. The molecule has 3 aromatic rings. The predicted molar refractivity (Wildman–Crippen MR) is 105 cm³/mol. The largest absolute Gasteiger partial charge is 0.398 e. The number of nitrogens with one attached hydrogen (secondary N) is 2. The van der Waals surface area contributed by atoms with Crippen LogP contribution in [0.25, 0.3) is 0 Å². The molecule has 28 heavy (non-hydrogen) atoms. The van der Waals surface area contributed by atoms with Crippen LogP contribution in [0.2, 0.25) is 5.15 Å². The molecule has 0 aliphatic heterocycles. The molecule has 2 heterocycles. The highest BCUT2D eigenvalue weighted by Crippen LogP contribution is 2.25. The molecule has 0 saturated carbocycles. The number of carbonyl (C=O) groups is 1. The van der Waals surface area contributed by atoms with Gasteiger partial charge >= 0.3 is 0 Å². The Hall–Kier alpha value is -3.70. The van der Waals surface area contributed by atoms with E-state index in [2.05, 4.69) is 15.5 Å². The van der Waals surface area contributed by atoms with Crippen LogP contribution in [0.4, 0.5) is 11.4 Å². The minimum Gasteiger partial charge on any atom is -0.398 e. The molecule has 0 fully saturated rings. The lowest BCUT2D eigenvalue weighted by Crippen LogP contribution is -2.17. The molecule has 8 nitrogen and oxygen atoms in total. The van der Waals surface area contributed by atoms with Gasteiger partial charge in [-0.25, -0.2) is 4.98 Å². The number of amides is 1. The predicted octanol–water partition coefficient (Wildman–Crippen LogP) is 3.46. The van der Waals surface area contributed by atoms with Crippen molar-refractivity contribution in [2.75, 3.05) is 11.1 Å². The van der Waals surface area contributed by atoms with Crippen molar-refractivity contribution in [3.05, 3.63) is 69.3 Å². The molecule has 1 amide bonds. The fourth-order valence-corrected chi connectivity index (χ4v) is 2.90. The van der Waals surface area contributed by atoms with Gasteiger partial charge in [-0.3, -0.25) is 10.2 Å². The average Bonchev–Trinajstić information content (AvgIpc) is 3.20. The van der Waals surface area contributed by atoms with Gasteiger partial charge in [-0.1, -0.05) is 16.8 Å². The second-order valence-electron chi connectivity index (χ2n) is 6.03. The first-order valence-electron chi connectivity index (χ1n) is 8.09. The maximum absolute atomic E-state index is 12.7. The number of benzene rings is 1. The number of hydrogen-bond acceptors (Lipinski definition) is 7. The molecule has 0 saturated heterocycles. The van der Waals surface area contributed by atoms with Crippen molar-refractivity contribution in [1.29, 1.82) is 10.7 Å². The Balaban J connectivity index is 1.93. The third-order valence-electron chi connectivity index (χ3n) is 4.34. The summed E-state index contributed by atoms with van der Waals surface area (Å²) in [5.41, 5.74) is 9.28. The van der Waals surface area contributed by atoms with Gasteiger partial charge in [0.2, 0.25) is 0 Å². The van der Waals surface area contributed by atoms with Gasteiger partial charge < -0.3 is 15.6 Å². The summed E-state index contributed by atoms with van der Waals surface area (Å²) < 4.78 is 4.76. The zero-order chi connectivity index (χ0) is 20.4. The molecule has 9 heteroatoms. The summed E-state index contributed by atoms with van der Waals surface area (Å²) in [6.45, 7) is 3.41. The smallest absolute Gasteiger partial charge is 0.274 e. The zero-order valence-electron chi connectivity index (χ0n) is 15.0. The Bertz CT molecular complexity index is 1130. The first kappa shape index (κ1) is 19.1. The van der Waals surface area contributed by atoms with Crippen LogP contribution in [0.1, 0.15) is 38.3 Å². The number of nitriles is 1. The van der Waals surface area contributed by atoms with Crippen LogP contribution in [0.5, 0.6) is 0 Å². The van der Waals surface area contributed by atoms with Gasteiger partial charge in [-0.2, -0.15) is 5.26 Å². The molecule has 4 N–H and O–H groups in total. The number of nitrogens with two attached hydrogens (primary N) is 1. The Morgan fingerprint density at radius 2 is 2.11 bits per heavy atom. The third kappa shape index (κ3) is 3.43. The first-order valence-corrected chi connectivity index (χ1v) is 8.47. The van der Waals surface area contributed by atoms with E-state index in [1.807, 2.05) is 6.07 Å². The molecule has 0 unspecified atom stereocenters. The van der Waals surface area contributed by atoms with E-state index in [4.69, 9.17) is 32.5 Å². The van der Waals surface area contributed by atoms with Crippen molar-refractivity contribution in [3.63, 3.8) is 0 Å². The molecule has 0 aliphatic rings. The van der Waals surface area contributed by atoms with Gasteiger partial charge in [-0.05, 0) is 43.2 Å². The number of rotatable bonds is 4. The van der Waals surface area contributed by atoms with Crippen LogP contribution >= 0.6 is 11.6 Å². The molecule has 0 radical (unpaired) electrons. The lowest BCUT2D eigenvalue weighted by Gasteiger charge is -2.13. The first-order chi connectivity index (χ1) is 13.3. The van der Waals surface area contributed by atoms with Gasteiger partial charge in [0.25, 0.3) is 5.91 Å². The summed E-state index contributed by atoms with van der Waals surface area (Å²) in [5, 5.41) is 23.7. The number of nitrogens with zero attached hydrogens (tertiary/aromatic N) is 3. The SMILES string of the molecule is Cc1c(C(=O)Nc2ccc(N)c(C(=N)c3cnoc3)c2)nc(Cl)c(C#N)c1C. The minimum atomic E-state index is -0.487. The van der Waals surface area contributed by atoms with E-state index in [1.54, 1.807) is 32.0 Å². The van der Waals surface area contributed by atoms with Crippen LogP contribution < -0.4 is 11.1 Å². The number of pyridine rings is 1. The Kier molecular flexibility index (Phi) is 5.11. The van der Waals surface area contributed by atoms with E-state index < -0.39 is 5.91 Å². The molecule has 0 atom stereocenters. The van der Waals surface area contributed by atoms with E-state index in [0.717, 1.165) is 0 Å². The van der Waals surface area contributed by atoms with Crippen LogP contribution in [-0.4, -0.2) is 21.8 Å². The number of carbonyl (C=O) groups excluding carboxylic acids is 1. The van der Waals surface area contributed by atoms with Gasteiger partial charge in [0.15, 0.2) is 0 Å². The summed E-state index contributed by atoms with van der Waals surface area (Å²) in [5.74, 6) is -0.487. The maximum atomic E-state index is 12.7. The van der Waals surface area contributed by atoms with E-state index in [-0.39, 0.29) is 22.1 Å². The van der Waals surface area contributed by atoms with Crippen molar-refractivity contribution in [1.82, 2.24) is 10.1 Å². The Morgan fingerprint density at radius 3 is 2.75 bits per heavy atom. The van der Waals surface area contributed by atoms with E-state index in [9.17, 15) is 4.79 Å². The van der Waals surface area contributed by atoms with E-state index >= 15 is 0 Å². The number of nitrogen functional groups attached to an aromatic ring is 1. The molecule has 0 spiro atoms. The fraction of sp³-hybridized carbons (Fsp3) is 0.105. The van der Waals surface area contributed by atoms with Crippen molar-refractivity contribution >= 4 is 34.6 Å². The molecule has 2 aromatic heterocycles. The van der Waals surface area contributed by atoms with Crippen LogP contribution in [0.3, 0.4) is 0 Å². The zero-order valence-corrected chi connectivity index (χ0v) is 15.8. The third-order valence-corrected chi connectivity index (χ3v) is 4.61. The summed E-state index contributed by atoms with van der Waals surface area (Å²) in [7, 11) is 0. The molecule has 140 valence electrons. The Morgan fingerprint density at radius 1 is 1.36 bits per heavy atom. The fourth-order valence-electron chi connectivity index (χ4n) is 2.63. The normalized spacial score (nSPS) is 10.4. The molecule has 3 rings (SSSR count). The highest BCUT2D eigenvalue weighted by molar-refractivity contribution is 6.31. The monoisotopic (exact) mass is 394 g/mol. The number of halogens is 1. The second kappa shape index (κ2) is 7.50. The van der Waals surface area contributed by atoms with Crippen molar-refractivity contribution in [3.8, 4) is 6.07 Å².